The van der Waals surface area contributed by atoms with Crippen LogP contribution in [0.2, 0.25) is 0 Å². The van der Waals surface area contributed by atoms with Gasteiger partial charge in [0.15, 0.2) is 12.2 Å². The lowest BCUT2D eigenvalue weighted by Gasteiger charge is -2.21. The van der Waals surface area contributed by atoms with Crippen LogP contribution in [-0.4, -0.2) is 96.7 Å². The summed E-state index contributed by atoms with van der Waals surface area (Å²) in [4.78, 5) is 73.4. The summed E-state index contributed by atoms with van der Waals surface area (Å²) >= 11 is 0. The van der Waals surface area contributed by atoms with Crippen molar-refractivity contribution in [3.8, 4) is 0 Å². The van der Waals surface area contributed by atoms with Crippen molar-refractivity contribution in [2.45, 2.75) is 510 Å². The van der Waals surface area contributed by atoms with Gasteiger partial charge in [-0.05, 0) is 49.4 Å². The summed E-state index contributed by atoms with van der Waals surface area (Å²) in [5.41, 5.74) is 0. The van der Waals surface area contributed by atoms with Crippen molar-refractivity contribution in [3.63, 3.8) is 0 Å². The van der Waals surface area contributed by atoms with Crippen molar-refractivity contribution in [3.05, 3.63) is 0 Å². The molecule has 112 heavy (non-hydrogen) atoms. The number of carbonyl (C=O) groups excluding carboxylic acids is 4. The largest absolute Gasteiger partial charge is 0.472 e. The summed E-state index contributed by atoms with van der Waals surface area (Å²) in [7, 11) is -9.94. The Morgan fingerprint density at radius 3 is 0.634 bits per heavy atom. The van der Waals surface area contributed by atoms with Gasteiger partial charge in [0.25, 0.3) is 0 Å². The number of phosphoric acid groups is 2. The van der Waals surface area contributed by atoms with Gasteiger partial charge in [0.1, 0.15) is 19.3 Å². The fraction of sp³-hybridized carbons (Fsp3) is 0.957. The van der Waals surface area contributed by atoms with Crippen LogP contribution < -0.4 is 0 Å². The topological polar surface area (TPSA) is 237 Å². The lowest BCUT2D eigenvalue weighted by molar-refractivity contribution is -0.161. The number of unbranched alkanes of at least 4 members (excludes halogenated alkanes) is 53. The molecule has 0 aliphatic carbocycles. The van der Waals surface area contributed by atoms with Gasteiger partial charge >= 0.3 is 39.5 Å². The minimum atomic E-state index is -4.97. The highest BCUT2D eigenvalue weighted by Gasteiger charge is 2.31. The number of hydrogen-bond acceptors (Lipinski definition) is 15. The van der Waals surface area contributed by atoms with E-state index in [1.54, 1.807) is 0 Å². The summed E-state index contributed by atoms with van der Waals surface area (Å²) in [6.45, 7) is 14.5. The average molecular weight is 1630 g/mol. The summed E-state index contributed by atoms with van der Waals surface area (Å²) in [5, 5.41) is 10.7. The highest BCUT2D eigenvalue weighted by Crippen LogP contribution is 2.45. The molecule has 3 N–H and O–H groups in total. The van der Waals surface area contributed by atoms with Gasteiger partial charge in [-0.2, -0.15) is 0 Å². The number of aliphatic hydroxyl groups excluding tert-OH is 1. The molecule has 0 radical (unpaired) electrons. The van der Waals surface area contributed by atoms with Gasteiger partial charge in [-0.15, -0.1) is 0 Å². The molecule has 0 saturated carbocycles. The van der Waals surface area contributed by atoms with Crippen molar-refractivity contribution in [2.24, 2.45) is 23.7 Å². The average Bonchev–Trinajstić information content (AvgIpc) is 0.898. The van der Waals surface area contributed by atoms with Crippen LogP contribution in [0.1, 0.15) is 492 Å². The van der Waals surface area contributed by atoms with Crippen molar-refractivity contribution >= 4 is 39.5 Å². The molecule has 0 aromatic heterocycles. The van der Waals surface area contributed by atoms with Crippen molar-refractivity contribution in [1.29, 1.82) is 0 Å². The molecular formula is C93H182O17P2. The Hall–Kier alpha value is -1.94. The van der Waals surface area contributed by atoms with E-state index >= 15 is 0 Å². The molecule has 0 amide bonds. The third-order valence-electron chi connectivity index (χ3n) is 22.9. The molecule has 0 saturated heterocycles. The predicted molar refractivity (Wildman–Crippen MR) is 464 cm³/mol. The molecule has 0 spiro atoms. The van der Waals surface area contributed by atoms with E-state index in [-0.39, 0.29) is 25.7 Å². The number of rotatable bonds is 90. The summed E-state index contributed by atoms with van der Waals surface area (Å²) in [6, 6.07) is 0. The Morgan fingerprint density at radius 1 is 0.250 bits per heavy atom. The Labute approximate surface area is 689 Å². The van der Waals surface area contributed by atoms with E-state index in [0.29, 0.717) is 31.6 Å². The highest BCUT2D eigenvalue weighted by molar-refractivity contribution is 7.47. The maximum atomic E-state index is 13.2. The highest BCUT2D eigenvalue weighted by atomic mass is 31.2. The zero-order valence-corrected chi connectivity index (χ0v) is 76.1. The van der Waals surface area contributed by atoms with Crippen molar-refractivity contribution in [2.75, 3.05) is 39.6 Å². The van der Waals surface area contributed by atoms with Crippen molar-refractivity contribution in [1.82, 2.24) is 0 Å². The Bertz CT molecular complexity index is 2170. The molecule has 0 fully saturated rings. The maximum Gasteiger partial charge on any atom is 0.472 e. The van der Waals surface area contributed by atoms with E-state index in [1.165, 1.54) is 289 Å². The molecule has 0 bridgehead atoms. The Morgan fingerprint density at radius 2 is 0.429 bits per heavy atom. The van der Waals surface area contributed by atoms with Crippen molar-refractivity contribution < 1.29 is 80.2 Å². The number of hydrogen-bond donors (Lipinski definition) is 3. The third-order valence-corrected chi connectivity index (χ3v) is 24.8. The fourth-order valence-electron chi connectivity index (χ4n) is 14.5. The molecular weight excluding hydrogens is 1450 g/mol. The monoisotopic (exact) mass is 1630 g/mol. The number of aliphatic hydroxyl groups is 1. The van der Waals surface area contributed by atoms with Crippen LogP contribution in [0.3, 0.4) is 0 Å². The molecule has 0 aliphatic heterocycles. The fourth-order valence-corrected chi connectivity index (χ4v) is 16.0. The minimum Gasteiger partial charge on any atom is -0.462 e. The second kappa shape index (κ2) is 81.4. The van der Waals surface area contributed by atoms with Crippen LogP contribution in [0.4, 0.5) is 0 Å². The van der Waals surface area contributed by atoms with E-state index < -0.39 is 97.5 Å². The van der Waals surface area contributed by atoms with Crippen LogP contribution in [0.25, 0.3) is 0 Å². The second-order valence-corrected chi connectivity index (χ2v) is 37.5. The molecule has 0 aromatic carbocycles. The first-order valence-corrected chi connectivity index (χ1v) is 50.8. The number of ether oxygens (including phenoxy) is 4. The SMILES string of the molecule is CCC(C)CCCCCCCCCCCCCCCCCCCCC(=O)OC[C@H](COP(=O)(O)OCC(O)COP(=O)(O)OC[C@@H](COC(=O)CCCCCCCCCC(C)C)OC(=O)CCCCCCCCCCCCCCCCC(C)CC)OC(=O)CCCCCCCCCCCCCCCCCCCCC(C)CC. The molecule has 0 aliphatic rings. The summed E-state index contributed by atoms with van der Waals surface area (Å²) < 4.78 is 69.1. The molecule has 666 valence electrons. The molecule has 19 heteroatoms. The molecule has 0 aromatic rings. The van der Waals surface area contributed by atoms with E-state index in [2.05, 4.69) is 55.4 Å². The maximum absolute atomic E-state index is 13.2. The van der Waals surface area contributed by atoms with Gasteiger partial charge in [0.2, 0.25) is 0 Å². The van der Waals surface area contributed by atoms with Crippen LogP contribution in [0.5, 0.6) is 0 Å². The normalized spacial score (nSPS) is 14.5. The first kappa shape index (κ1) is 110. The number of carbonyl (C=O) groups is 4. The van der Waals surface area contributed by atoms with E-state index in [4.69, 9.17) is 37.0 Å². The molecule has 0 heterocycles. The molecule has 0 rings (SSSR count). The van der Waals surface area contributed by atoms with Crippen LogP contribution >= 0.6 is 15.6 Å². The standard InChI is InChI=1S/C93H182O17P2/c1-9-84(6)70-62-54-46-38-32-26-20-16-12-14-18-22-29-35-41-49-57-65-73-90(95)103-79-88(109-92(97)75-67-59-50-42-36-30-23-19-15-13-17-21-27-33-39-47-55-63-71-85(7)10-2)81-107-111(99,100)105-77-87(94)78-106-112(101,102)108-82-89(80-104-91(96)74-66-58-52-44-45-53-61-69-83(4)5)110-93(98)76-68-60-51-43-37-31-25-24-28-34-40-48-56-64-72-86(8)11-3/h83-89,94H,9-82H2,1-8H3,(H,99,100)(H,101,102)/t84?,85?,86?,87?,88-,89-/m1/s1. The van der Waals surface area contributed by atoms with E-state index in [9.17, 15) is 43.2 Å². The van der Waals surface area contributed by atoms with Gasteiger partial charge in [-0.3, -0.25) is 37.3 Å². The summed E-state index contributed by atoms with van der Waals surface area (Å²) in [6.07, 6.45) is 73.7. The summed E-state index contributed by atoms with van der Waals surface area (Å²) in [5.74, 6) is 1.19. The smallest absolute Gasteiger partial charge is 0.462 e. The lowest BCUT2D eigenvalue weighted by Crippen LogP contribution is -2.30. The van der Waals surface area contributed by atoms with Gasteiger partial charge < -0.3 is 33.8 Å². The third kappa shape index (κ3) is 81.8. The van der Waals surface area contributed by atoms with Gasteiger partial charge in [-0.1, -0.05) is 441 Å². The van der Waals surface area contributed by atoms with Crippen LogP contribution in [0.15, 0.2) is 0 Å². The van der Waals surface area contributed by atoms with Gasteiger partial charge in [-0.25, -0.2) is 9.13 Å². The predicted octanol–water partition coefficient (Wildman–Crippen LogP) is 28.7. The van der Waals surface area contributed by atoms with Crippen LogP contribution in [0, 0.1) is 23.7 Å². The first-order chi connectivity index (χ1) is 54.2. The van der Waals surface area contributed by atoms with Gasteiger partial charge in [0.05, 0.1) is 26.4 Å². The number of esters is 4. The Balaban J connectivity index is 5.22. The quantitative estimate of drug-likeness (QED) is 0.0222. The molecule has 6 unspecified atom stereocenters. The zero-order valence-electron chi connectivity index (χ0n) is 74.3. The zero-order chi connectivity index (χ0) is 82.3. The molecule has 17 nitrogen and oxygen atoms in total. The number of phosphoric ester groups is 2. The first-order valence-electron chi connectivity index (χ1n) is 47.8. The van der Waals surface area contributed by atoms with Crippen LogP contribution in [-0.2, 0) is 65.4 Å². The Kier molecular flexibility index (Phi) is 80.0. The van der Waals surface area contributed by atoms with Gasteiger partial charge in [0, 0.05) is 25.7 Å². The van der Waals surface area contributed by atoms with E-state index in [0.717, 1.165) is 114 Å². The minimum absolute atomic E-state index is 0.107. The molecule has 8 atom stereocenters. The van der Waals surface area contributed by atoms with E-state index in [1.807, 2.05) is 0 Å². The lowest BCUT2D eigenvalue weighted by atomic mass is 9.99. The second-order valence-electron chi connectivity index (χ2n) is 34.6.